The van der Waals surface area contributed by atoms with Crippen molar-refractivity contribution in [1.29, 1.82) is 0 Å². The second kappa shape index (κ2) is 10.8. The Labute approximate surface area is 232 Å². The number of aliphatic hydroxyl groups is 2. The average Bonchev–Trinajstić information content (AvgIpc) is 3.37. The third kappa shape index (κ3) is 5.54. The second-order valence-electron chi connectivity index (χ2n) is 11.4. The van der Waals surface area contributed by atoms with Crippen LogP contribution in [0.15, 0.2) is 12.1 Å². The molecule has 0 radical (unpaired) electrons. The molecule has 1 unspecified atom stereocenters. The molecule has 2 aromatic rings. The number of β-amino-alcohol motifs (C(OH)–C–C–N with tert-alkyl or cyclic N) is 1. The Hall–Kier alpha value is -3.54. The van der Waals surface area contributed by atoms with Crippen LogP contribution in [0.1, 0.15) is 66.0 Å². The zero-order valence-corrected chi connectivity index (χ0v) is 23.1. The van der Waals surface area contributed by atoms with Gasteiger partial charge in [-0.3, -0.25) is 14.4 Å². The Kier molecular flexibility index (Phi) is 7.56. The van der Waals surface area contributed by atoms with E-state index in [4.69, 9.17) is 0 Å². The van der Waals surface area contributed by atoms with Crippen molar-refractivity contribution >= 4 is 40.7 Å². The highest BCUT2D eigenvalue weighted by atomic mass is 19.1. The van der Waals surface area contributed by atoms with Crippen molar-refractivity contribution in [2.75, 3.05) is 43.4 Å². The molecule has 40 heavy (non-hydrogen) atoms. The van der Waals surface area contributed by atoms with E-state index in [1.807, 2.05) is 0 Å². The lowest BCUT2D eigenvalue weighted by molar-refractivity contribution is -0.130. The van der Waals surface area contributed by atoms with Gasteiger partial charge in [0.25, 0.3) is 17.7 Å². The van der Waals surface area contributed by atoms with Gasteiger partial charge < -0.3 is 35.6 Å². The van der Waals surface area contributed by atoms with E-state index in [0.717, 1.165) is 37.7 Å². The van der Waals surface area contributed by atoms with Crippen molar-refractivity contribution < 1.29 is 29.0 Å². The lowest BCUT2D eigenvalue weighted by Gasteiger charge is -2.32. The van der Waals surface area contributed by atoms with Crippen LogP contribution in [0.5, 0.6) is 0 Å². The van der Waals surface area contributed by atoms with E-state index in [1.165, 1.54) is 26.3 Å². The quantitative estimate of drug-likeness (QED) is 0.334. The highest BCUT2D eigenvalue weighted by Crippen LogP contribution is 2.38. The van der Waals surface area contributed by atoms with E-state index in [-0.39, 0.29) is 23.7 Å². The number of hydrogen-bond donors (Lipinski definition) is 5. The van der Waals surface area contributed by atoms with Gasteiger partial charge in [0.15, 0.2) is 0 Å². The van der Waals surface area contributed by atoms with Gasteiger partial charge in [-0.05, 0) is 70.5 Å². The summed E-state index contributed by atoms with van der Waals surface area (Å²) in [6.45, 7) is 7.62. The molecule has 1 fully saturated rings. The van der Waals surface area contributed by atoms with E-state index in [9.17, 15) is 29.0 Å². The molecule has 1 aromatic carbocycles. The molecule has 4 heterocycles. The lowest BCUT2D eigenvalue weighted by atomic mass is 10.0. The molecule has 1 saturated heterocycles. The molecule has 0 saturated carbocycles. The van der Waals surface area contributed by atoms with Crippen molar-refractivity contribution in [2.45, 2.75) is 58.2 Å². The summed E-state index contributed by atoms with van der Waals surface area (Å²) in [6, 6.07) is 2.48. The van der Waals surface area contributed by atoms with E-state index in [2.05, 4.69) is 20.5 Å². The summed E-state index contributed by atoms with van der Waals surface area (Å²) in [5.74, 6) is -2.14. The van der Waals surface area contributed by atoms with Gasteiger partial charge >= 0.3 is 0 Å². The Balaban J connectivity index is 1.35. The second-order valence-corrected chi connectivity index (χ2v) is 11.4. The summed E-state index contributed by atoms with van der Waals surface area (Å²) in [5.41, 5.74) is 1.56. The molecule has 3 amide bonds. The Morgan fingerprint density at radius 2 is 1.90 bits per heavy atom. The maximum Gasteiger partial charge on any atom is 0.256 e. The smallest absolute Gasteiger partial charge is 0.256 e. The SMILES string of the molecule is Cc1c(/C=C2\C(=O)Nc3cc(NC(=O)C(C)(C)O)c(F)cc32)[nH]c2c1C(=O)N(CC(O)CN1CCCCC1)CC2. The third-order valence-corrected chi connectivity index (χ3v) is 7.83. The fourth-order valence-electron chi connectivity index (χ4n) is 5.60. The van der Waals surface area contributed by atoms with Crippen molar-refractivity contribution in [3.63, 3.8) is 0 Å². The number of hydrogen-bond acceptors (Lipinski definition) is 6. The number of amides is 3. The molecule has 5 N–H and O–H groups in total. The van der Waals surface area contributed by atoms with Gasteiger partial charge in [0.05, 0.1) is 28.6 Å². The van der Waals surface area contributed by atoms with Crippen LogP contribution in [0.25, 0.3) is 11.6 Å². The van der Waals surface area contributed by atoms with Crippen molar-refractivity contribution in [3.8, 4) is 0 Å². The fourth-order valence-corrected chi connectivity index (χ4v) is 5.60. The van der Waals surface area contributed by atoms with E-state index in [0.29, 0.717) is 47.6 Å². The van der Waals surface area contributed by atoms with Gasteiger partial charge in [0.2, 0.25) is 0 Å². The number of benzene rings is 1. The predicted octanol–water partition coefficient (Wildman–Crippen LogP) is 2.51. The summed E-state index contributed by atoms with van der Waals surface area (Å²) in [7, 11) is 0. The van der Waals surface area contributed by atoms with Gasteiger partial charge in [-0.25, -0.2) is 4.39 Å². The van der Waals surface area contributed by atoms with Crippen LogP contribution in [0.3, 0.4) is 0 Å². The molecule has 10 nitrogen and oxygen atoms in total. The largest absolute Gasteiger partial charge is 0.390 e. The summed E-state index contributed by atoms with van der Waals surface area (Å²) in [4.78, 5) is 45.6. The molecule has 3 aliphatic rings. The predicted molar refractivity (Wildman–Crippen MR) is 149 cm³/mol. The maximum absolute atomic E-state index is 14.9. The maximum atomic E-state index is 14.9. The van der Waals surface area contributed by atoms with E-state index < -0.39 is 29.3 Å². The standard InChI is InChI=1S/C29H36FN5O5/c1-16-22(12-19-18-11-20(30)24(13-23(18)32-26(19)37)33-28(39)29(2,3)40)31-21-7-10-35(27(38)25(16)21)15-17(36)14-34-8-5-4-6-9-34/h11-13,17,31,36,40H,4-10,14-15H2,1-3H3,(H,32,37)(H,33,39)/b19-12-. The number of aromatic amines is 1. The molecule has 1 atom stereocenters. The number of nitrogens with one attached hydrogen (secondary N) is 3. The number of rotatable bonds is 7. The number of carbonyl (C=O) groups excluding carboxylic acids is 3. The molecular formula is C29H36FN5O5. The molecule has 3 aliphatic heterocycles. The van der Waals surface area contributed by atoms with Gasteiger partial charge in [-0.2, -0.15) is 0 Å². The molecular weight excluding hydrogens is 517 g/mol. The summed E-state index contributed by atoms with van der Waals surface area (Å²) < 4.78 is 14.9. The summed E-state index contributed by atoms with van der Waals surface area (Å²) in [5, 5.41) is 25.6. The van der Waals surface area contributed by atoms with Gasteiger partial charge in [0.1, 0.15) is 11.4 Å². The third-order valence-electron chi connectivity index (χ3n) is 7.83. The lowest BCUT2D eigenvalue weighted by Crippen LogP contribution is -2.46. The normalized spacial score (nSPS) is 19.4. The first kappa shape index (κ1) is 28.0. The van der Waals surface area contributed by atoms with Crippen LogP contribution in [-0.4, -0.2) is 87.1 Å². The molecule has 0 bridgehead atoms. The van der Waals surface area contributed by atoms with Crippen LogP contribution in [0.4, 0.5) is 15.8 Å². The Morgan fingerprint density at radius 3 is 2.60 bits per heavy atom. The fraction of sp³-hybridized carbons (Fsp3) is 0.483. The Morgan fingerprint density at radius 1 is 1.18 bits per heavy atom. The minimum Gasteiger partial charge on any atom is -0.390 e. The number of H-pyrrole nitrogens is 1. The van der Waals surface area contributed by atoms with Crippen molar-refractivity contribution in [3.05, 3.63) is 46.0 Å². The van der Waals surface area contributed by atoms with Gasteiger partial charge in [-0.1, -0.05) is 6.42 Å². The number of carbonyl (C=O) groups is 3. The number of halogens is 1. The minimum atomic E-state index is -1.71. The minimum absolute atomic E-state index is 0.160. The molecule has 214 valence electrons. The first-order valence-electron chi connectivity index (χ1n) is 13.7. The van der Waals surface area contributed by atoms with E-state index in [1.54, 1.807) is 17.9 Å². The Bertz CT molecular complexity index is 1390. The first-order valence-corrected chi connectivity index (χ1v) is 13.7. The van der Waals surface area contributed by atoms with Crippen LogP contribution in [-0.2, 0) is 16.0 Å². The number of likely N-dealkylation sites (tertiary alicyclic amines) is 1. The highest BCUT2D eigenvalue weighted by Gasteiger charge is 2.33. The molecule has 0 spiro atoms. The van der Waals surface area contributed by atoms with Gasteiger partial charge in [-0.15, -0.1) is 0 Å². The van der Waals surface area contributed by atoms with Crippen molar-refractivity contribution in [2.24, 2.45) is 0 Å². The molecule has 5 rings (SSSR count). The first-order chi connectivity index (χ1) is 18.9. The number of aliphatic hydroxyl groups excluding tert-OH is 1. The van der Waals surface area contributed by atoms with Crippen LogP contribution in [0.2, 0.25) is 0 Å². The molecule has 11 heteroatoms. The van der Waals surface area contributed by atoms with Crippen LogP contribution >= 0.6 is 0 Å². The van der Waals surface area contributed by atoms with Crippen molar-refractivity contribution in [1.82, 2.24) is 14.8 Å². The zero-order valence-electron chi connectivity index (χ0n) is 23.1. The van der Waals surface area contributed by atoms with Gasteiger partial charge in [0, 0.05) is 43.0 Å². The monoisotopic (exact) mass is 553 g/mol. The summed E-state index contributed by atoms with van der Waals surface area (Å²) >= 11 is 0. The van der Waals surface area contributed by atoms with Crippen LogP contribution in [0, 0.1) is 12.7 Å². The van der Waals surface area contributed by atoms with E-state index >= 15 is 0 Å². The molecule has 0 aliphatic carbocycles. The zero-order chi connectivity index (χ0) is 28.8. The summed E-state index contributed by atoms with van der Waals surface area (Å²) in [6.07, 6.45) is 5.05. The van der Waals surface area contributed by atoms with Crippen LogP contribution < -0.4 is 10.6 Å². The number of nitrogens with zero attached hydrogens (tertiary/aromatic N) is 2. The highest BCUT2D eigenvalue weighted by molar-refractivity contribution is 6.35. The number of anilines is 2. The number of aromatic nitrogens is 1. The number of fused-ring (bicyclic) bond motifs is 2. The topological polar surface area (TPSA) is 138 Å². The number of piperidine rings is 1. The molecule has 1 aromatic heterocycles. The average molecular weight is 554 g/mol.